The van der Waals surface area contributed by atoms with E-state index in [-0.39, 0.29) is 39.8 Å². The van der Waals surface area contributed by atoms with Crippen LogP contribution >= 0.6 is 22.7 Å². The van der Waals surface area contributed by atoms with E-state index in [9.17, 15) is 14.7 Å². The normalized spacial score (nSPS) is 18.8. The Morgan fingerprint density at radius 3 is 1.84 bits per heavy atom. The molecule has 2 aliphatic carbocycles. The fraction of sp³-hybridized carbons (Fsp3) is 0. The maximum atomic E-state index is 11.0. The molecule has 0 bridgehead atoms. The molecule has 1 radical (unpaired) electrons. The Morgan fingerprint density at radius 1 is 0.812 bits per heavy atom. The Bertz CT molecular complexity index is 1250. The van der Waals surface area contributed by atoms with Crippen LogP contribution in [0.25, 0.3) is 0 Å². The van der Waals surface area contributed by atoms with E-state index in [2.05, 4.69) is 37.5 Å². The number of hydrogen-bond donors (Lipinski definition) is 1. The van der Waals surface area contributed by atoms with Crippen LogP contribution in [0.15, 0.2) is 91.5 Å². The Balaban J connectivity index is 0.000000220. The van der Waals surface area contributed by atoms with Crippen molar-refractivity contribution in [1.29, 1.82) is 0 Å². The number of aliphatic hydroxyl groups excluding tert-OH is 1. The Morgan fingerprint density at radius 2 is 1.34 bits per heavy atom. The zero-order valence-electron chi connectivity index (χ0n) is 16.0. The SMILES string of the molecule is O=C1C=C/C(=N\N=c2/[n-]ccs2)C(O)=C1.[CH2-]OC1=CC(=O)C=C/C1=N\N=c1/[n-]ccs1.[Co+2]. The van der Waals surface area contributed by atoms with Crippen molar-refractivity contribution in [3.63, 3.8) is 0 Å². The maximum Gasteiger partial charge on any atom is 2.00 e. The van der Waals surface area contributed by atoms with Crippen LogP contribution in [0.4, 0.5) is 0 Å². The fourth-order valence-electron chi connectivity index (χ4n) is 2.00. The van der Waals surface area contributed by atoms with Crippen LogP contribution in [0.2, 0.25) is 0 Å². The van der Waals surface area contributed by atoms with Crippen molar-refractivity contribution in [3.8, 4) is 0 Å². The molecular formula is C19H13CoN6O4S2-. The van der Waals surface area contributed by atoms with Crippen molar-refractivity contribution in [3.05, 3.63) is 87.8 Å². The Hall–Kier alpha value is -3.39. The predicted molar refractivity (Wildman–Crippen MR) is 115 cm³/mol. The van der Waals surface area contributed by atoms with Gasteiger partial charge < -0.3 is 30.0 Å². The van der Waals surface area contributed by atoms with Crippen LogP contribution in [0.3, 0.4) is 0 Å². The molecule has 0 saturated heterocycles. The number of ketones is 2. The molecule has 0 saturated carbocycles. The maximum absolute atomic E-state index is 11.0. The van der Waals surface area contributed by atoms with Gasteiger partial charge in [0.05, 0.1) is 0 Å². The molecule has 165 valence electrons. The third-order valence-corrected chi connectivity index (χ3v) is 4.67. The van der Waals surface area contributed by atoms with Crippen molar-refractivity contribution in [2.75, 3.05) is 0 Å². The minimum absolute atomic E-state index is 0. The second kappa shape index (κ2) is 12.5. The molecule has 0 atom stereocenters. The molecular weight excluding hydrogens is 499 g/mol. The minimum Gasteiger partial charge on any atom is -0.664 e. The number of allylic oxidation sites excluding steroid dienone is 6. The van der Waals surface area contributed by atoms with Crippen molar-refractivity contribution < 1.29 is 36.2 Å². The molecule has 2 aliphatic rings. The van der Waals surface area contributed by atoms with Gasteiger partial charge in [-0.1, -0.05) is 12.4 Å². The topological polar surface area (TPSA) is 141 Å². The number of thiazole rings is 2. The molecule has 32 heavy (non-hydrogen) atoms. The summed E-state index contributed by atoms with van der Waals surface area (Å²) in [6.07, 6.45) is 11.3. The first-order valence-corrected chi connectivity index (χ1v) is 10.2. The van der Waals surface area contributed by atoms with Crippen LogP contribution < -0.4 is 19.6 Å². The van der Waals surface area contributed by atoms with Crippen molar-refractivity contribution >= 4 is 45.7 Å². The third-order valence-electron chi connectivity index (χ3n) is 3.36. The number of rotatable bonds is 3. The number of carbonyl (C=O) groups excluding carboxylic acids is 2. The van der Waals surface area contributed by atoms with Crippen molar-refractivity contribution in [2.24, 2.45) is 20.4 Å². The fourth-order valence-corrected chi connectivity index (χ4v) is 2.91. The van der Waals surface area contributed by atoms with Gasteiger partial charge in [-0.15, -0.1) is 0 Å². The largest absolute Gasteiger partial charge is 2.00 e. The standard InChI is InChI=1S/C10H8N3O2S.C9H7N3O2S.Co/c1-15-9-6-7(14)2-3-8(9)12-13-10-11-4-5-16-10;13-6-1-2-7(8(14)5-6)11-12-9-10-3-4-15-9;/h2-6H,1H2,(H,11,13,14);1-5H,(H2,10,12,13,14);/q-1;;+2/p-2. The summed E-state index contributed by atoms with van der Waals surface area (Å²) in [5.41, 5.74) is 0.703. The van der Waals surface area contributed by atoms with Gasteiger partial charge >= 0.3 is 16.8 Å². The quantitative estimate of drug-likeness (QED) is 0.374. The molecule has 0 aromatic carbocycles. The predicted octanol–water partition coefficient (Wildman–Crippen LogP) is 1.33. The van der Waals surface area contributed by atoms with Gasteiger partial charge in [0, 0.05) is 21.8 Å². The molecule has 0 aliphatic heterocycles. The van der Waals surface area contributed by atoms with E-state index in [0.29, 0.717) is 21.1 Å². The molecule has 2 heterocycles. The second-order valence-electron chi connectivity index (χ2n) is 5.45. The van der Waals surface area contributed by atoms with Crippen LogP contribution in [-0.2, 0) is 31.1 Å². The average molecular weight is 512 g/mol. The minimum atomic E-state index is -0.263. The molecule has 2 aromatic heterocycles. The summed E-state index contributed by atoms with van der Waals surface area (Å²) in [6.45, 7) is 0. The monoisotopic (exact) mass is 512 g/mol. The van der Waals surface area contributed by atoms with Crippen LogP contribution in [0.1, 0.15) is 0 Å². The molecule has 0 spiro atoms. The van der Waals surface area contributed by atoms with Crippen LogP contribution in [0, 0.1) is 7.11 Å². The summed E-state index contributed by atoms with van der Waals surface area (Å²) in [4.78, 5) is 30.8. The molecule has 0 unspecified atom stereocenters. The molecule has 4 rings (SSSR count). The first-order valence-electron chi connectivity index (χ1n) is 8.41. The van der Waals surface area contributed by atoms with Gasteiger partial charge in [0.1, 0.15) is 22.9 Å². The third kappa shape index (κ3) is 7.38. The van der Waals surface area contributed by atoms with Gasteiger partial charge in [-0.2, -0.15) is 29.8 Å². The van der Waals surface area contributed by atoms with Crippen LogP contribution in [-0.4, -0.2) is 28.1 Å². The number of ether oxygens (including phenoxy) is 1. The van der Waals surface area contributed by atoms with Crippen LogP contribution in [0.5, 0.6) is 0 Å². The molecule has 2 aromatic rings. The van der Waals surface area contributed by atoms with E-state index >= 15 is 0 Å². The molecule has 1 N–H and O–H groups in total. The summed E-state index contributed by atoms with van der Waals surface area (Å²) in [6, 6.07) is 0. The van der Waals surface area contributed by atoms with E-state index in [1.54, 1.807) is 23.2 Å². The smallest absolute Gasteiger partial charge is 0.664 e. The number of carbonyl (C=O) groups is 2. The van der Waals surface area contributed by atoms with Gasteiger partial charge in [0.15, 0.2) is 11.6 Å². The van der Waals surface area contributed by atoms with Gasteiger partial charge in [-0.25, -0.2) is 0 Å². The Labute approximate surface area is 199 Å². The number of aliphatic hydroxyl groups is 1. The molecule has 13 heteroatoms. The van der Waals surface area contributed by atoms with Gasteiger partial charge in [-0.05, 0) is 35.1 Å². The van der Waals surface area contributed by atoms with Crippen molar-refractivity contribution in [1.82, 2.24) is 9.97 Å². The van der Waals surface area contributed by atoms with E-state index in [1.807, 2.05) is 0 Å². The summed E-state index contributed by atoms with van der Waals surface area (Å²) in [7, 11) is 3.25. The summed E-state index contributed by atoms with van der Waals surface area (Å²) in [5.74, 6) is -0.303. The van der Waals surface area contributed by atoms with E-state index in [0.717, 1.165) is 6.08 Å². The first kappa shape index (κ1) is 24.9. The Kier molecular flexibility index (Phi) is 9.68. The second-order valence-corrected chi connectivity index (χ2v) is 7.20. The van der Waals surface area contributed by atoms with Crippen molar-refractivity contribution in [2.45, 2.75) is 0 Å². The van der Waals surface area contributed by atoms with E-state index in [1.165, 1.54) is 53.1 Å². The first-order chi connectivity index (χ1) is 15.0. The summed E-state index contributed by atoms with van der Waals surface area (Å²) < 4.78 is 4.78. The van der Waals surface area contributed by atoms with Gasteiger partial charge in [0.25, 0.3) is 0 Å². The van der Waals surface area contributed by atoms with Gasteiger partial charge in [0.2, 0.25) is 0 Å². The zero-order valence-corrected chi connectivity index (χ0v) is 18.7. The summed E-state index contributed by atoms with van der Waals surface area (Å²) >= 11 is 2.71. The summed E-state index contributed by atoms with van der Waals surface area (Å²) in [5, 5.41) is 28.3. The number of hydrogen-bond acceptors (Lipinski definition) is 10. The van der Waals surface area contributed by atoms with E-state index < -0.39 is 0 Å². The number of nitrogens with zero attached hydrogens (tertiary/aromatic N) is 6. The zero-order chi connectivity index (χ0) is 22.1. The average Bonchev–Trinajstić information content (AvgIpc) is 3.47. The molecule has 0 amide bonds. The van der Waals surface area contributed by atoms with E-state index in [4.69, 9.17) is 4.74 Å². The van der Waals surface area contributed by atoms with Gasteiger partial charge in [-0.3, -0.25) is 19.8 Å². The number of aromatic nitrogens is 2. The molecule has 0 fully saturated rings. The molecule has 10 nitrogen and oxygen atoms in total.